The molecule has 0 bridgehead atoms. The van der Waals surface area contributed by atoms with E-state index in [-0.39, 0.29) is 0 Å². The third-order valence-electron chi connectivity index (χ3n) is 0.682. The first-order valence-electron chi connectivity index (χ1n) is 2.24. The summed E-state index contributed by atoms with van der Waals surface area (Å²) in [6.45, 7) is 0. The van der Waals surface area contributed by atoms with Crippen molar-refractivity contribution >= 4 is 17.9 Å². The van der Waals surface area contributed by atoms with E-state index >= 15 is 0 Å². The molecule has 0 aromatic rings. The number of rotatable bonds is 2. The molecule has 0 saturated carbocycles. The van der Waals surface area contributed by atoms with Crippen LogP contribution in [-0.2, 0) is 9.53 Å². The molecule has 0 rings (SSSR count). The minimum Gasteiger partial charge on any atom is -0.464 e. The van der Waals surface area contributed by atoms with Crippen LogP contribution in [0.5, 0.6) is 0 Å². The van der Waals surface area contributed by atoms with Crippen LogP contribution in [0.2, 0.25) is 0 Å². The Balaban J connectivity index is 4.23. The molecule has 0 radical (unpaired) electrons. The highest BCUT2D eigenvalue weighted by Gasteiger charge is 2.08. The smallest absolute Gasteiger partial charge is 0.361 e. The van der Waals surface area contributed by atoms with E-state index in [0.29, 0.717) is 6.21 Å². The van der Waals surface area contributed by atoms with Crippen LogP contribution in [0.25, 0.3) is 0 Å². The Bertz CT molecular complexity index is 174. The van der Waals surface area contributed by atoms with Crippen molar-refractivity contribution in [3.8, 4) is 0 Å². The van der Waals surface area contributed by atoms with Gasteiger partial charge in [-0.05, 0) is 0 Å². The summed E-state index contributed by atoms with van der Waals surface area (Å²) in [5, 5.41) is 20.9. The first kappa shape index (κ1) is 8.41. The molecule has 56 valence electrons. The topological polar surface area (TPSA) is 91.5 Å². The molecule has 0 spiro atoms. The summed E-state index contributed by atoms with van der Waals surface area (Å²) in [4.78, 5) is 10.4. The number of oxime groups is 2. The van der Waals surface area contributed by atoms with Gasteiger partial charge in [0.15, 0.2) is 0 Å². The zero-order valence-corrected chi connectivity index (χ0v) is 5.18. The number of ether oxygens (including phenoxy) is 1. The van der Waals surface area contributed by atoms with E-state index in [1.807, 2.05) is 0 Å². The molecular formula is C4H6N2O4. The molecule has 0 heterocycles. The quantitative estimate of drug-likeness (QED) is 0.236. The number of carbonyl (C=O) groups excluding carboxylic acids is 1. The van der Waals surface area contributed by atoms with Gasteiger partial charge in [0, 0.05) is 0 Å². The number of nitrogens with zero attached hydrogens (tertiary/aromatic N) is 2. The van der Waals surface area contributed by atoms with Crippen LogP contribution < -0.4 is 0 Å². The molecule has 0 aromatic heterocycles. The Morgan fingerprint density at radius 2 is 2.20 bits per heavy atom. The van der Waals surface area contributed by atoms with Crippen molar-refractivity contribution in [2.24, 2.45) is 10.3 Å². The molecule has 0 atom stereocenters. The third-order valence-corrected chi connectivity index (χ3v) is 0.682. The molecular weight excluding hydrogens is 140 g/mol. The largest absolute Gasteiger partial charge is 0.464 e. The molecule has 2 N–H and O–H groups in total. The zero-order chi connectivity index (χ0) is 7.98. The van der Waals surface area contributed by atoms with E-state index < -0.39 is 11.7 Å². The summed E-state index contributed by atoms with van der Waals surface area (Å²) in [5.74, 6) is -0.875. The summed E-state index contributed by atoms with van der Waals surface area (Å²) in [7, 11) is 1.11. The zero-order valence-electron chi connectivity index (χ0n) is 5.18. The molecule has 10 heavy (non-hydrogen) atoms. The van der Waals surface area contributed by atoms with Crippen LogP contribution in [0.4, 0.5) is 0 Å². The summed E-state index contributed by atoms with van der Waals surface area (Å²) in [6, 6.07) is 0. The predicted octanol–water partition coefficient (Wildman–Crippen LogP) is -0.550. The van der Waals surface area contributed by atoms with Gasteiger partial charge in [0.25, 0.3) is 0 Å². The first-order valence-corrected chi connectivity index (χ1v) is 2.24. The van der Waals surface area contributed by atoms with Gasteiger partial charge in [0.1, 0.15) is 6.21 Å². The monoisotopic (exact) mass is 146 g/mol. The Morgan fingerprint density at radius 3 is 2.50 bits per heavy atom. The van der Waals surface area contributed by atoms with Crippen LogP contribution in [-0.4, -0.2) is 35.4 Å². The number of hydrogen-bond acceptors (Lipinski definition) is 6. The number of methoxy groups -OCH3 is 1. The third kappa shape index (κ3) is 2.12. The standard InChI is InChI=1S/C4H6N2O4/c1-10-4(7)3(6-9)2-5-8/h2,8-9H,1H3. The molecule has 6 nitrogen and oxygen atoms in total. The van der Waals surface area contributed by atoms with Crippen molar-refractivity contribution in [1.82, 2.24) is 0 Å². The number of esters is 1. The molecule has 0 amide bonds. The maximum Gasteiger partial charge on any atom is 0.361 e. The lowest BCUT2D eigenvalue weighted by molar-refractivity contribution is -0.132. The fraction of sp³-hybridized carbons (Fsp3) is 0.250. The van der Waals surface area contributed by atoms with Crippen LogP contribution in [0.1, 0.15) is 0 Å². The SMILES string of the molecule is COC(=O)C(C=NO)=NO. The van der Waals surface area contributed by atoms with Gasteiger partial charge >= 0.3 is 5.97 Å². The van der Waals surface area contributed by atoms with Crippen molar-refractivity contribution in [3.05, 3.63) is 0 Å². The molecule has 0 aromatic carbocycles. The lowest BCUT2D eigenvalue weighted by atomic mass is 10.4. The average molecular weight is 146 g/mol. The summed E-state index contributed by atoms with van der Waals surface area (Å²) in [5.41, 5.74) is -0.468. The average Bonchev–Trinajstić information content (AvgIpc) is 1.99. The number of hydrogen-bond donors (Lipinski definition) is 2. The van der Waals surface area contributed by atoms with E-state index in [1.54, 1.807) is 0 Å². The lowest BCUT2D eigenvalue weighted by Gasteiger charge is -1.92. The van der Waals surface area contributed by atoms with Crippen molar-refractivity contribution in [2.75, 3.05) is 7.11 Å². The molecule has 0 aliphatic rings. The Kier molecular flexibility index (Phi) is 3.62. The van der Waals surface area contributed by atoms with Gasteiger partial charge in [-0.3, -0.25) is 0 Å². The second-order valence-corrected chi connectivity index (χ2v) is 1.22. The van der Waals surface area contributed by atoms with Gasteiger partial charge in [-0.1, -0.05) is 10.3 Å². The summed E-state index contributed by atoms with van der Waals surface area (Å²) in [6.07, 6.45) is 0.659. The van der Waals surface area contributed by atoms with Crippen molar-refractivity contribution in [2.45, 2.75) is 0 Å². The van der Waals surface area contributed by atoms with E-state index in [9.17, 15) is 4.79 Å². The predicted molar refractivity (Wildman–Crippen MR) is 31.5 cm³/mol. The van der Waals surface area contributed by atoms with Crippen LogP contribution in [0.15, 0.2) is 10.3 Å². The van der Waals surface area contributed by atoms with Crippen LogP contribution >= 0.6 is 0 Å². The van der Waals surface area contributed by atoms with E-state index in [4.69, 9.17) is 10.4 Å². The van der Waals surface area contributed by atoms with Gasteiger partial charge in [0.2, 0.25) is 5.71 Å². The highest BCUT2D eigenvalue weighted by molar-refractivity contribution is 6.59. The maximum absolute atomic E-state index is 10.4. The molecule has 0 fully saturated rings. The van der Waals surface area contributed by atoms with Crippen LogP contribution in [0.3, 0.4) is 0 Å². The van der Waals surface area contributed by atoms with Crippen molar-refractivity contribution in [3.63, 3.8) is 0 Å². The highest BCUT2D eigenvalue weighted by atomic mass is 16.5. The summed E-state index contributed by atoms with van der Waals surface area (Å²) >= 11 is 0. The highest BCUT2D eigenvalue weighted by Crippen LogP contribution is 1.77. The van der Waals surface area contributed by atoms with Gasteiger partial charge in [-0.25, -0.2) is 4.79 Å². The van der Waals surface area contributed by atoms with Crippen LogP contribution in [0, 0.1) is 0 Å². The normalized spacial score (nSPS) is 11.9. The van der Waals surface area contributed by atoms with E-state index in [2.05, 4.69) is 15.0 Å². The molecule has 0 aliphatic carbocycles. The van der Waals surface area contributed by atoms with Gasteiger partial charge in [-0.15, -0.1) is 0 Å². The van der Waals surface area contributed by atoms with Gasteiger partial charge in [0.05, 0.1) is 7.11 Å². The minimum atomic E-state index is -0.875. The molecule has 0 saturated heterocycles. The Labute approximate surface area is 56.4 Å². The lowest BCUT2D eigenvalue weighted by Crippen LogP contribution is -2.16. The first-order chi connectivity index (χ1) is 4.76. The maximum atomic E-state index is 10.4. The Morgan fingerprint density at radius 1 is 1.60 bits per heavy atom. The summed E-state index contributed by atoms with van der Waals surface area (Å²) < 4.78 is 4.12. The Hall–Kier alpha value is -1.59. The van der Waals surface area contributed by atoms with Gasteiger partial charge < -0.3 is 15.2 Å². The van der Waals surface area contributed by atoms with E-state index in [1.165, 1.54) is 0 Å². The minimum absolute atomic E-state index is 0.468. The fourth-order valence-corrected chi connectivity index (χ4v) is 0.279. The van der Waals surface area contributed by atoms with Crippen molar-refractivity contribution < 1.29 is 19.9 Å². The van der Waals surface area contributed by atoms with Gasteiger partial charge in [-0.2, -0.15) is 0 Å². The molecule has 6 heteroatoms. The second-order valence-electron chi connectivity index (χ2n) is 1.22. The fourth-order valence-electron chi connectivity index (χ4n) is 0.279. The molecule has 0 unspecified atom stereocenters. The molecule has 0 aliphatic heterocycles. The van der Waals surface area contributed by atoms with Crippen molar-refractivity contribution in [1.29, 1.82) is 0 Å². The van der Waals surface area contributed by atoms with E-state index in [0.717, 1.165) is 7.11 Å². The second kappa shape index (κ2) is 4.30. The number of carbonyl (C=O) groups is 1.